The van der Waals surface area contributed by atoms with E-state index in [1.807, 2.05) is 0 Å². The zero-order valence-corrected chi connectivity index (χ0v) is 19.1. The van der Waals surface area contributed by atoms with E-state index < -0.39 is 16.1 Å². The molecule has 0 spiro atoms. The number of unbranched alkanes of at least 4 members (excludes halogenated alkanes) is 8. The van der Waals surface area contributed by atoms with E-state index in [1.165, 1.54) is 44.2 Å². The van der Waals surface area contributed by atoms with E-state index in [4.69, 9.17) is 5.11 Å². The molecule has 1 aromatic carbocycles. The average Bonchev–Trinajstić information content (AvgIpc) is 2.55. The number of rotatable bonds is 14. The van der Waals surface area contributed by atoms with Gasteiger partial charge in [-0.3, -0.25) is 4.79 Å². The van der Waals surface area contributed by atoms with Crippen LogP contribution in [0.1, 0.15) is 64.2 Å². The smallest absolute Gasteiger partial charge is 0.744 e. The van der Waals surface area contributed by atoms with E-state index in [9.17, 15) is 17.8 Å². The van der Waals surface area contributed by atoms with E-state index >= 15 is 0 Å². The molecular weight excluding hydrogens is 383 g/mol. The van der Waals surface area contributed by atoms with Crippen LogP contribution in [0.25, 0.3) is 0 Å². The summed E-state index contributed by atoms with van der Waals surface area (Å²) in [7, 11) is -4.35. The van der Waals surface area contributed by atoms with Crippen molar-refractivity contribution in [3.8, 4) is 0 Å². The van der Waals surface area contributed by atoms with Crippen LogP contribution in [0.3, 0.4) is 0 Å². The molecular formula is C18H27NaO5S2. The van der Waals surface area contributed by atoms with Crippen molar-refractivity contribution < 1.29 is 52.4 Å². The van der Waals surface area contributed by atoms with Crippen molar-refractivity contribution in [1.29, 1.82) is 0 Å². The van der Waals surface area contributed by atoms with Crippen molar-refractivity contribution in [1.82, 2.24) is 0 Å². The average molecular weight is 411 g/mol. The first-order valence-electron chi connectivity index (χ1n) is 8.80. The molecule has 1 rings (SSSR count). The predicted molar refractivity (Wildman–Crippen MR) is 98.9 cm³/mol. The van der Waals surface area contributed by atoms with Crippen LogP contribution in [0.4, 0.5) is 0 Å². The van der Waals surface area contributed by atoms with Gasteiger partial charge in [-0.25, -0.2) is 8.42 Å². The maximum Gasteiger partial charge on any atom is 1.00 e. The molecule has 26 heavy (non-hydrogen) atoms. The fraction of sp³-hybridized carbons (Fsp3) is 0.611. The largest absolute Gasteiger partial charge is 1.00 e. The molecule has 0 aliphatic heterocycles. The van der Waals surface area contributed by atoms with Crippen LogP contribution in [-0.2, 0) is 14.9 Å². The third kappa shape index (κ3) is 13.2. The molecule has 5 nitrogen and oxygen atoms in total. The molecule has 0 unspecified atom stereocenters. The Morgan fingerprint density at radius 3 is 1.81 bits per heavy atom. The second-order valence-corrected chi connectivity index (χ2v) is 8.65. The third-order valence-corrected chi connectivity index (χ3v) is 5.86. The minimum absolute atomic E-state index is 0. The predicted octanol–water partition coefficient (Wildman–Crippen LogP) is 1.67. The van der Waals surface area contributed by atoms with Gasteiger partial charge in [0.15, 0.2) is 0 Å². The number of aliphatic carboxylic acids is 1. The molecule has 0 radical (unpaired) electrons. The van der Waals surface area contributed by atoms with Gasteiger partial charge in [-0.05, 0) is 42.9 Å². The SMILES string of the molecule is O=C(O)CCCCCCCCCCCSc1ccc(S(=O)(=O)[O-])cc1.[Na+]. The number of carbonyl (C=O) groups is 1. The zero-order chi connectivity index (χ0) is 18.5. The van der Waals surface area contributed by atoms with Gasteiger partial charge < -0.3 is 9.66 Å². The van der Waals surface area contributed by atoms with Crippen LogP contribution in [0.5, 0.6) is 0 Å². The molecule has 0 atom stereocenters. The Kier molecular flexibility index (Phi) is 14.9. The Morgan fingerprint density at radius 2 is 1.35 bits per heavy atom. The number of carboxylic acid groups (broad SMARTS) is 1. The Labute approximate surface area is 183 Å². The minimum Gasteiger partial charge on any atom is -0.744 e. The molecule has 0 aromatic heterocycles. The second kappa shape index (κ2) is 14.9. The molecule has 1 N–H and O–H groups in total. The first-order chi connectivity index (χ1) is 11.9. The Bertz CT molecular complexity index is 603. The quantitative estimate of drug-likeness (QED) is 0.217. The maximum atomic E-state index is 10.8. The molecule has 1 aromatic rings. The number of carboxylic acids is 1. The molecule has 0 heterocycles. The first-order valence-corrected chi connectivity index (χ1v) is 11.2. The summed E-state index contributed by atoms with van der Waals surface area (Å²) < 4.78 is 32.5. The van der Waals surface area contributed by atoms with Gasteiger partial charge in [-0.1, -0.05) is 44.9 Å². The van der Waals surface area contributed by atoms with Crippen molar-refractivity contribution in [3.05, 3.63) is 24.3 Å². The standard InChI is InChI=1S/C18H28O5S2.Na/c19-18(20)10-8-6-4-2-1-3-5-7-9-15-24-16-11-13-17(14-12-16)25(21,22)23;/h11-14H,1-10,15H2,(H,19,20)(H,21,22,23);/q;+1/p-1. The van der Waals surface area contributed by atoms with Gasteiger partial charge in [0.1, 0.15) is 10.1 Å². The van der Waals surface area contributed by atoms with E-state index in [0.29, 0.717) is 0 Å². The van der Waals surface area contributed by atoms with Crippen LogP contribution < -0.4 is 29.6 Å². The van der Waals surface area contributed by atoms with Crippen LogP contribution in [0.15, 0.2) is 34.1 Å². The summed E-state index contributed by atoms with van der Waals surface area (Å²) in [6.45, 7) is 0. The maximum absolute atomic E-state index is 10.8. The number of hydrogen-bond acceptors (Lipinski definition) is 5. The fourth-order valence-corrected chi connectivity index (χ4v) is 3.89. The summed E-state index contributed by atoms with van der Waals surface area (Å²) in [5.74, 6) is 0.280. The summed E-state index contributed by atoms with van der Waals surface area (Å²) >= 11 is 1.67. The van der Waals surface area contributed by atoms with Crippen molar-refractivity contribution >= 4 is 27.8 Å². The zero-order valence-electron chi connectivity index (χ0n) is 15.5. The van der Waals surface area contributed by atoms with E-state index in [0.717, 1.165) is 36.3 Å². The topological polar surface area (TPSA) is 94.5 Å². The first kappa shape index (κ1) is 26.0. The molecule has 142 valence electrons. The summed E-state index contributed by atoms with van der Waals surface area (Å²) in [6.07, 6.45) is 10.3. The molecule has 0 saturated heterocycles. The molecule has 0 fully saturated rings. The fourth-order valence-electron chi connectivity index (χ4n) is 2.51. The molecule has 0 saturated carbocycles. The summed E-state index contributed by atoms with van der Waals surface area (Å²) in [5, 5.41) is 8.54. The Balaban J connectivity index is 0.00000625. The van der Waals surface area contributed by atoms with Crippen molar-refractivity contribution in [2.24, 2.45) is 0 Å². The van der Waals surface area contributed by atoms with E-state index in [-0.39, 0.29) is 40.9 Å². The van der Waals surface area contributed by atoms with Crippen molar-refractivity contribution in [2.45, 2.75) is 74.0 Å². The Hall–Kier alpha value is -0.0500. The van der Waals surface area contributed by atoms with Crippen molar-refractivity contribution in [3.63, 3.8) is 0 Å². The van der Waals surface area contributed by atoms with Gasteiger partial charge in [0.2, 0.25) is 0 Å². The van der Waals surface area contributed by atoms with Gasteiger partial charge in [-0.15, -0.1) is 11.8 Å². The molecule has 8 heteroatoms. The molecule has 0 aliphatic carbocycles. The summed E-state index contributed by atoms with van der Waals surface area (Å²) in [5.41, 5.74) is 0. The van der Waals surface area contributed by atoms with Gasteiger partial charge in [0.25, 0.3) is 0 Å². The molecule has 0 aliphatic rings. The Morgan fingerprint density at radius 1 is 0.885 bits per heavy atom. The molecule has 0 amide bonds. The summed E-state index contributed by atoms with van der Waals surface area (Å²) in [4.78, 5) is 11.2. The normalized spacial score (nSPS) is 11.1. The summed E-state index contributed by atoms with van der Waals surface area (Å²) in [6, 6.07) is 6.09. The van der Waals surface area contributed by atoms with Crippen LogP contribution >= 0.6 is 11.8 Å². The van der Waals surface area contributed by atoms with Gasteiger partial charge in [0, 0.05) is 11.3 Å². The van der Waals surface area contributed by atoms with E-state index in [2.05, 4.69) is 0 Å². The second-order valence-electron chi connectivity index (χ2n) is 6.10. The number of hydrogen-bond donors (Lipinski definition) is 1. The van der Waals surface area contributed by atoms with Crippen LogP contribution in [0.2, 0.25) is 0 Å². The van der Waals surface area contributed by atoms with Gasteiger partial charge in [-0.2, -0.15) is 0 Å². The monoisotopic (exact) mass is 410 g/mol. The van der Waals surface area contributed by atoms with E-state index in [1.54, 1.807) is 23.9 Å². The van der Waals surface area contributed by atoms with Crippen LogP contribution in [-0.4, -0.2) is 29.8 Å². The minimum atomic E-state index is -4.35. The number of benzene rings is 1. The number of thioether (sulfide) groups is 1. The molecule has 0 bridgehead atoms. The van der Waals surface area contributed by atoms with Crippen LogP contribution in [0, 0.1) is 0 Å². The van der Waals surface area contributed by atoms with Crippen molar-refractivity contribution in [2.75, 3.05) is 5.75 Å². The third-order valence-electron chi connectivity index (χ3n) is 3.92. The van der Waals surface area contributed by atoms with Gasteiger partial charge >= 0.3 is 35.5 Å². The van der Waals surface area contributed by atoms with Gasteiger partial charge in [0.05, 0.1) is 4.90 Å².